The number of hydrogen-bond donors (Lipinski definition) is 2. The summed E-state index contributed by atoms with van der Waals surface area (Å²) in [6.45, 7) is 0.499. The van der Waals surface area contributed by atoms with Crippen molar-refractivity contribution in [1.82, 2.24) is 5.32 Å². The number of nitro benzene ring substituents is 1. The third-order valence-electron chi connectivity index (χ3n) is 4.23. The summed E-state index contributed by atoms with van der Waals surface area (Å²) in [5.41, 5.74) is 0.150. The van der Waals surface area contributed by atoms with Crippen molar-refractivity contribution in [2.45, 2.75) is 43.6 Å². The number of hydrogen-bond acceptors (Lipinski definition) is 5. The van der Waals surface area contributed by atoms with Gasteiger partial charge in [0.05, 0.1) is 11.0 Å². The molecule has 1 aromatic rings. The fraction of sp³-hybridized carbons (Fsp3) is 0.571. The highest BCUT2D eigenvalue weighted by molar-refractivity contribution is 5.33. The van der Waals surface area contributed by atoms with Gasteiger partial charge in [-0.3, -0.25) is 15.4 Å². The Hall–Kier alpha value is -1.50. The van der Waals surface area contributed by atoms with Crippen LogP contribution in [0.5, 0.6) is 0 Å². The molecule has 1 aliphatic carbocycles. The summed E-state index contributed by atoms with van der Waals surface area (Å²) in [6, 6.07) is 6.34. The van der Waals surface area contributed by atoms with Crippen molar-refractivity contribution in [2.24, 2.45) is 0 Å². The van der Waals surface area contributed by atoms with Crippen LogP contribution >= 0.6 is 0 Å². The maximum Gasteiger partial charge on any atom is 0.269 e. The topological polar surface area (TPSA) is 84.6 Å². The molecule has 1 aromatic carbocycles. The highest BCUT2D eigenvalue weighted by Gasteiger charge is 2.44. The van der Waals surface area contributed by atoms with Crippen LogP contribution in [-0.2, 0) is 4.74 Å². The highest BCUT2D eigenvalue weighted by Crippen LogP contribution is 2.36. The van der Waals surface area contributed by atoms with Gasteiger partial charge in [0.25, 0.3) is 5.69 Å². The van der Waals surface area contributed by atoms with E-state index >= 15 is 0 Å². The first-order valence-electron chi connectivity index (χ1n) is 6.94. The maximum atomic E-state index is 10.6. The zero-order valence-electron chi connectivity index (χ0n) is 11.1. The van der Waals surface area contributed by atoms with Gasteiger partial charge in [0, 0.05) is 18.7 Å². The summed E-state index contributed by atoms with van der Waals surface area (Å²) >= 11 is 0. The van der Waals surface area contributed by atoms with Crippen molar-refractivity contribution < 1.29 is 14.8 Å². The van der Waals surface area contributed by atoms with Gasteiger partial charge in [-0.1, -0.05) is 12.8 Å². The molecule has 6 nitrogen and oxygen atoms in total. The average molecular weight is 278 g/mol. The molecule has 3 rings (SSSR count). The van der Waals surface area contributed by atoms with Gasteiger partial charge in [-0.05, 0) is 30.5 Å². The Kier molecular flexibility index (Phi) is 3.45. The molecule has 0 radical (unpaired) electrons. The fourth-order valence-electron chi connectivity index (χ4n) is 3.04. The molecule has 20 heavy (non-hydrogen) atoms. The van der Waals surface area contributed by atoms with Crippen molar-refractivity contribution in [1.29, 1.82) is 0 Å². The molecule has 0 amide bonds. The molecule has 108 valence electrons. The lowest BCUT2D eigenvalue weighted by atomic mass is 9.81. The Bertz CT molecular complexity index is 504. The molecule has 3 atom stereocenters. The molecule has 0 spiro atoms. The number of benzene rings is 1. The second-order valence-electron chi connectivity index (χ2n) is 5.58. The summed E-state index contributed by atoms with van der Waals surface area (Å²) in [5, 5.41) is 24.3. The van der Waals surface area contributed by atoms with Crippen molar-refractivity contribution in [3.63, 3.8) is 0 Å². The van der Waals surface area contributed by atoms with E-state index in [0.717, 1.165) is 31.2 Å². The van der Waals surface area contributed by atoms with E-state index in [0.29, 0.717) is 6.54 Å². The Morgan fingerprint density at radius 3 is 2.80 bits per heavy atom. The van der Waals surface area contributed by atoms with Gasteiger partial charge >= 0.3 is 0 Å². The van der Waals surface area contributed by atoms with Gasteiger partial charge in [0.2, 0.25) is 0 Å². The van der Waals surface area contributed by atoms with E-state index < -0.39 is 10.5 Å². The molecule has 2 aliphatic rings. The smallest absolute Gasteiger partial charge is 0.269 e. The summed E-state index contributed by atoms with van der Waals surface area (Å²) < 4.78 is 5.95. The van der Waals surface area contributed by atoms with E-state index in [-0.39, 0.29) is 18.0 Å². The van der Waals surface area contributed by atoms with Gasteiger partial charge in [-0.2, -0.15) is 0 Å². The predicted molar refractivity (Wildman–Crippen MR) is 72.1 cm³/mol. The minimum Gasteiger partial charge on any atom is -0.386 e. The fourth-order valence-corrected chi connectivity index (χ4v) is 3.04. The number of nitrogens with one attached hydrogen (secondary N) is 1. The number of fused-ring (bicyclic) bond motifs is 1. The van der Waals surface area contributed by atoms with Crippen LogP contribution in [0.1, 0.15) is 37.5 Å². The van der Waals surface area contributed by atoms with E-state index in [9.17, 15) is 15.2 Å². The first-order valence-corrected chi connectivity index (χ1v) is 6.94. The lowest BCUT2D eigenvalue weighted by Crippen LogP contribution is -2.59. The number of nitrogens with zero attached hydrogens (tertiary/aromatic N) is 1. The standard InChI is InChI=1S/C14H18N2O4/c17-14-8-2-1-3-12(14)20-13(15-9-14)10-4-6-11(7-5-10)16(18)19/h4-7,12-13,15,17H,1-3,8-9H2/t12-,13+,14-/m1/s1. The summed E-state index contributed by atoms with van der Waals surface area (Å²) in [7, 11) is 0. The van der Waals surface area contributed by atoms with Crippen LogP contribution in [0, 0.1) is 10.1 Å². The van der Waals surface area contributed by atoms with Crippen molar-refractivity contribution in [3.05, 3.63) is 39.9 Å². The highest BCUT2D eigenvalue weighted by atomic mass is 16.6. The predicted octanol–water partition coefficient (Wildman–Crippen LogP) is 1.89. The molecule has 6 heteroatoms. The first-order chi connectivity index (χ1) is 9.58. The molecular weight excluding hydrogens is 260 g/mol. The van der Waals surface area contributed by atoms with Crippen LogP contribution < -0.4 is 5.32 Å². The largest absolute Gasteiger partial charge is 0.386 e. The second kappa shape index (κ2) is 5.12. The third kappa shape index (κ3) is 2.42. The van der Waals surface area contributed by atoms with Gasteiger partial charge in [0.15, 0.2) is 0 Å². The van der Waals surface area contributed by atoms with Crippen LogP contribution in [0.4, 0.5) is 5.69 Å². The summed E-state index contributed by atoms with van der Waals surface area (Å²) in [5.74, 6) is 0. The molecule has 0 bridgehead atoms. The van der Waals surface area contributed by atoms with Gasteiger partial charge < -0.3 is 9.84 Å². The van der Waals surface area contributed by atoms with Crippen LogP contribution in [0.2, 0.25) is 0 Å². The van der Waals surface area contributed by atoms with Crippen LogP contribution in [0.15, 0.2) is 24.3 Å². The van der Waals surface area contributed by atoms with E-state index in [1.54, 1.807) is 12.1 Å². The first kappa shape index (κ1) is 13.5. The molecular formula is C14H18N2O4. The number of nitro groups is 1. The quantitative estimate of drug-likeness (QED) is 0.637. The van der Waals surface area contributed by atoms with E-state index in [1.807, 2.05) is 0 Å². The second-order valence-corrected chi connectivity index (χ2v) is 5.58. The molecule has 0 unspecified atom stereocenters. The van der Waals surface area contributed by atoms with Crippen molar-refractivity contribution in [3.8, 4) is 0 Å². The lowest BCUT2D eigenvalue weighted by Gasteiger charge is -2.46. The Morgan fingerprint density at radius 1 is 1.35 bits per heavy atom. The number of rotatable bonds is 2. The summed E-state index contributed by atoms with van der Waals surface area (Å²) in [6.07, 6.45) is 3.26. The number of aliphatic hydroxyl groups is 1. The van der Waals surface area contributed by atoms with Crippen LogP contribution in [0.3, 0.4) is 0 Å². The SMILES string of the molecule is O=[N+]([O-])c1ccc([C@H]2NC[C@]3(O)CCCC[C@H]3O2)cc1. The summed E-state index contributed by atoms with van der Waals surface area (Å²) in [4.78, 5) is 10.2. The maximum absolute atomic E-state index is 10.6. The minimum atomic E-state index is -0.768. The molecule has 1 aliphatic heterocycles. The van der Waals surface area contributed by atoms with Gasteiger partial charge in [-0.25, -0.2) is 0 Å². The third-order valence-corrected chi connectivity index (χ3v) is 4.23. The lowest BCUT2D eigenvalue weighted by molar-refractivity contribution is -0.384. The molecule has 1 saturated carbocycles. The van der Waals surface area contributed by atoms with Gasteiger partial charge in [-0.15, -0.1) is 0 Å². The molecule has 2 N–H and O–H groups in total. The molecule has 2 fully saturated rings. The normalized spacial score (nSPS) is 33.5. The molecule has 1 saturated heterocycles. The Morgan fingerprint density at radius 2 is 2.10 bits per heavy atom. The van der Waals surface area contributed by atoms with Crippen molar-refractivity contribution in [2.75, 3.05) is 6.54 Å². The number of ether oxygens (including phenoxy) is 1. The van der Waals surface area contributed by atoms with E-state index in [4.69, 9.17) is 4.74 Å². The van der Waals surface area contributed by atoms with Crippen LogP contribution in [0.25, 0.3) is 0 Å². The zero-order chi connectivity index (χ0) is 14.2. The molecule has 1 heterocycles. The number of β-amino-alcohol motifs (C(OH)–C–C–N with tert-alkyl or cyclic N) is 1. The van der Waals surface area contributed by atoms with Crippen molar-refractivity contribution >= 4 is 5.69 Å². The van der Waals surface area contributed by atoms with E-state index in [2.05, 4.69) is 5.32 Å². The monoisotopic (exact) mass is 278 g/mol. The van der Waals surface area contributed by atoms with Gasteiger partial charge in [0.1, 0.15) is 11.8 Å². The molecule has 0 aromatic heterocycles. The van der Waals surface area contributed by atoms with E-state index in [1.165, 1.54) is 12.1 Å². The zero-order valence-corrected chi connectivity index (χ0v) is 11.1. The average Bonchev–Trinajstić information content (AvgIpc) is 2.46. The Balaban J connectivity index is 1.74. The van der Waals surface area contributed by atoms with Crippen LogP contribution in [-0.4, -0.2) is 28.3 Å². The number of non-ortho nitro benzene ring substituents is 1. The minimum absolute atomic E-state index is 0.0683. The Labute approximate surface area is 116 Å².